The Labute approximate surface area is 132 Å². The first-order chi connectivity index (χ1) is 10.3. The van der Waals surface area contributed by atoms with Crippen LogP contribution in [0.4, 0.5) is 4.39 Å². The molecule has 3 unspecified atom stereocenters. The molecule has 1 heterocycles. The Morgan fingerprint density at radius 1 is 1.36 bits per heavy atom. The van der Waals surface area contributed by atoms with Crippen molar-refractivity contribution in [1.29, 1.82) is 0 Å². The topological polar surface area (TPSA) is 55.4 Å². The molecule has 6 heteroatoms. The summed E-state index contributed by atoms with van der Waals surface area (Å²) in [5.74, 6) is 0.322. The van der Waals surface area contributed by atoms with Gasteiger partial charge < -0.3 is 5.32 Å². The fourth-order valence-corrected chi connectivity index (χ4v) is 3.72. The summed E-state index contributed by atoms with van der Waals surface area (Å²) in [4.78, 5) is 0. The normalized spacial score (nSPS) is 24.1. The predicted molar refractivity (Wildman–Crippen MR) is 84.6 cm³/mol. The Bertz CT molecular complexity index is 574. The molecule has 0 amide bonds. The van der Waals surface area contributed by atoms with Crippen molar-refractivity contribution >= 4 is 10.1 Å². The van der Waals surface area contributed by atoms with Crippen molar-refractivity contribution in [3.63, 3.8) is 0 Å². The minimum atomic E-state index is -3.49. The van der Waals surface area contributed by atoms with Crippen LogP contribution < -0.4 is 5.32 Å². The molecule has 0 saturated carbocycles. The van der Waals surface area contributed by atoms with Crippen molar-refractivity contribution in [3.8, 4) is 0 Å². The molecule has 1 aliphatic heterocycles. The average Bonchev–Trinajstić information content (AvgIpc) is 2.45. The van der Waals surface area contributed by atoms with E-state index in [0.29, 0.717) is 18.8 Å². The van der Waals surface area contributed by atoms with E-state index in [1.165, 1.54) is 12.1 Å². The first-order valence-corrected chi connectivity index (χ1v) is 9.50. The van der Waals surface area contributed by atoms with E-state index in [0.717, 1.165) is 31.3 Å². The third kappa shape index (κ3) is 5.34. The van der Waals surface area contributed by atoms with Crippen molar-refractivity contribution in [2.45, 2.75) is 32.3 Å². The molecule has 0 aromatic heterocycles. The lowest BCUT2D eigenvalue weighted by Gasteiger charge is -2.35. The van der Waals surface area contributed by atoms with Gasteiger partial charge in [-0.1, -0.05) is 19.1 Å². The van der Waals surface area contributed by atoms with Crippen LogP contribution in [-0.2, 0) is 20.7 Å². The lowest BCUT2D eigenvalue weighted by Crippen LogP contribution is -2.43. The predicted octanol–water partition coefficient (Wildman–Crippen LogP) is 2.35. The number of benzene rings is 1. The van der Waals surface area contributed by atoms with Gasteiger partial charge >= 0.3 is 0 Å². The van der Waals surface area contributed by atoms with Crippen molar-refractivity contribution < 1.29 is 17.0 Å². The highest BCUT2D eigenvalue weighted by molar-refractivity contribution is 7.86. The van der Waals surface area contributed by atoms with Crippen LogP contribution in [0.5, 0.6) is 0 Å². The highest BCUT2D eigenvalue weighted by Gasteiger charge is 2.31. The quantitative estimate of drug-likeness (QED) is 0.814. The standard InChI is InChI=1S/C16H24FNO3S/c1-12-9-10-18-11-15(12)16(21-22(2,19)20)8-5-13-3-6-14(17)7-4-13/h3-4,6-7,12,15-16,18H,5,8-11H2,1-2H3. The Morgan fingerprint density at radius 2 is 2.05 bits per heavy atom. The molecular weight excluding hydrogens is 305 g/mol. The summed E-state index contributed by atoms with van der Waals surface area (Å²) in [5, 5.41) is 3.31. The molecule has 1 aliphatic rings. The Balaban J connectivity index is 2.05. The average molecular weight is 329 g/mol. The van der Waals surface area contributed by atoms with E-state index in [4.69, 9.17) is 4.18 Å². The molecule has 1 saturated heterocycles. The minimum Gasteiger partial charge on any atom is -0.316 e. The molecule has 2 rings (SSSR count). The zero-order valence-corrected chi connectivity index (χ0v) is 13.9. The van der Waals surface area contributed by atoms with Crippen LogP contribution in [0, 0.1) is 17.7 Å². The van der Waals surface area contributed by atoms with Gasteiger partial charge in [0.1, 0.15) is 5.82 Å². The third-order valence-electron chi connectivity index (χ3n) is 4.29. The molecule has 1 fully saturated rings. The van der Waals surface area contributed by atoms with Crippen molar-refractivity contribution in [3.05, 3.63) is 35.6 Å². The number of halogens is 1. The Kier molecular flexibility index (Phi) is 5.94. The second-order valence-electron chi connectivity index (χ2n) is 6.14. The van der Waals surface area contributed by atoms with E-state index >= 15 is 0 Å². The van der Waals surface area contributed by atoms with Gasteiger partial charge in [0, 0.05) is 12.5 Å². The fraction of sp³-hybridized carbons (Fsp3) is 0.625. The summed E-state index contributed by atoms with van der Waals surface area (Å²) in [7, 11) is -3.49. The van der Waals surface area contributed by atoms with E-state index < -0.39 is 10.1 Å². The lowest BCUT2D eigenvalue weighted by atomic mass is 9.82. The van der Waals surface area contributed by atoms with Gasteiger partial charge in [-0.2, -0.15) is 8.42 Å². The minimum absolute atomic E-state index is 0.170. The number of piperidine rings is 1. The fourth-order valence-electron chi connectivity index (χ4n) is 3.03. The maximum absolute atomic E-state index is 12.9. The van der Waals surface area contributed by atoms with Crippen LogP contribution in [0.3, 0.4) is 0 Å². The van der Waals surface area contributed by atoms with Gasteiger partial charge in [-0.25, -0.2) is 4.39 Å². The van der Waals surface area contributed by atoms with Crippen molar-refractivity contribution in [1.82, 2.24) is 5.32 Å². The molecule has 1 aromatic rings. The highest BCUT2D eigenvalue weighted by Crippen LogP contribution is 2.27. The highest BCUT2D eigenvalue weighted by atomic mass is 32.2. The van der Waals surface area contributed by atoms with Crippen LogP contribution in [0.25, 0.3) is 0 Å². The molecule has 3 atom stereocenters. The summed E-state index contributed by atoms with van der Waals surface area (Å²) in [6, 6.07) is 6.31. The van der Waals surface area contributed by atoms with Crippen molar-refractivity contribution in [2.75, 3.05) is 19.3 Å². The summed E-state index contributed by atoms with van der Waals surface area (Å²) in [6.07, 6.45) is 3.05. The number of hydrogen-bond acceptors (Lipinski definition) is 4. The molecule has 0 spiro atoms. The van der Waals surface area contributed by atoms with Gasteiger partial charge in [0.05, 0.1) is 12.4 Å². The van der Waals surface area contributed by atoms with Crippen LogP contribution in [-0.4, -0.2) is 33.9 Å². The molecule has 22 heavy (non-hydrogen) atoms. The van der Waals surface area contributed by atoms with Crippen LogP contribution in [0.15, 0.2) is 24.3 Å². The van der Waals surface area contributed by atoms with Crippen LogP contribution >= 0.6 is 0 Å². The Hall–Kier alpha value is -0.980. The van der Waals surface area contributed by atoms with Gasteiger partial charge in [-0.15, -0.1) is 0 Å². The molecule has 0 bridgehead atoms. The number of nitrogens with one attached hydrogen (secondary N) is 1. The van der Waals surface area contributed by atoms with Gasteiger partial charge in [-0.3, -0.25) is 4.18 Å². The molecule has 1 N–H and O–H groups in total. The van der Waals surface area contributed by atoms with E-state index in [-0.39, 0.29) is 17.8 Å². The van der Waals surface area contributed by atoms with E-state index in [1.54, 1.807) is 12.1 Å². The second-order valence-corrected chi connectivity index (χ2v) is 7.74. The smallest absolute Gasteiger partial charge is 0.264 e. The van der Waals surface area contributed by atoms with E-state index in [9.17, 15) is 12.8 Å². The monoisotopic (exact) mass is 329 g/mol. The van der Waals surface area contributed by atoms with Crippen molar-refractivity contribution in [2.24, 2.45) is 11.8 Å². The maximum atomic E-state index is 12.9. The molecule has 1 aromatic carbocycles. The molecular formula is C16H24FNO3S. The van der Waals surface area contributed by atoms with Gasteiger partial charge in [0.2, 0.25) is 0 Å². The summed E-state index contributed by atoms with van der Waals surface area (Å²) in [5.41, 5.74) is 0.986. The lowest BCUT2D eigenvalue weighted by molar-refractivity contribution is 0.0821. The molecule has 0 aliphatic carbocycles. The molecule has 0 radical (unpaired) electrons. The summed E-state index contributed by atoms with van der Waals surface area (Å²) >= 11 is 0. The maximum Gasteiger partial charge on any atom is 0.264 e. The zero-order valence-electron chi connectivity index (χ0n) is 13.1. The molecule has 124 valence electrons. The number of aryl methyl sites for hydroxylation is 1. The van der Waals surface area contributed by atoms with Gasteiger partial charge in [0.15, 0.2) is 0 Å². The van der Waals surface area contributed by atoms with Crippen LogP contribution in [0.1, 0.15) is 25.3 Å². The van der Waals surface area contributed by atoms with E-state index in [2.05, 4.69) is 12.2 Å². The number of hydrogen-bond donors (Lipinski definition) is 1. The first-order valence-electron chi connectivity index (χ1n) is 7.68. The van der Waals surface area contributed by atoms with Crippen LogP contribution in [0.2, 0.25) is 0 Å². The van der Waals surface area contributed by atoms with Gasteiger partial charge in [-0.05, 0) is 49.4 Å². The first kappa shape index (κ1) is 17.4. The molecule has 4 nitrogen and oxygen atoms in total. The third-order valence-corrected chi connectivity index (χ3v) is 4.89. The van der Waals surface area contributed by atoms with Gasteiger partial charge in [0.25, 0.3) is 10.1 Å². The summed E-state index contributed by atoms with van der Waals surface area (Å²) in [6.45, 7) is 3.87. The summed E-state index contributed by atoms with van der Waals surface area (Å²) < 4.78 is 41.4. The van der Waals surface area contributed by atoms with E-state index in [1.807, 2.05) is 0 Å². The largest absolute Gasteiger partial charge is 0.316 e. The second kappa shape index (κ2) is 7.53. The zero-order chi connectivity index (χ0) is 16.2. The SMILES string of the molecule is CC1CCNCC1C(CCc1ccc(F)cc1)OS(C)(=O)=O. The Morgan fingerprint density at radius 3 is 2.64 bits per heavy atom. The number of rotatable bonds is 6.